The molecule has 148 valence electrons. The van der Waals surface area contributed by atoms with Crippen LogP contribution in [0.4, 0.5) is 5.69 Å². The lowest BCUT2D eigenvalue weighted by Crippen LogP contribution is -2.39. The fourth-order valence-corrected chi connectivity index (χ4v) is 2.96. The summed E-state index contributed by atoms with van der Waals surface area (Å²) in [5.41, 5.74) is 2.93. The van der Waals surface area contributed by atoms with Gasteiger partial charge in [-0.15, -0.1) is 0 Å². The number of benzene rings is 2. The van der Waals surface area contributed by atoms with Crippen molar-refractivity contribution in [2.75, 3.05) is 25.0 Å². The molecule has 0 unspecified atom stereocenters. The Morgan fingerprint density at radius 3 is 2.54 bits per heavy atom. The summed E-state index contributed by atoms with van der Waals surface area (Å²) in [5.74, 6) is -0.843. The number of esters is 1. The quantitative estimate of drug-likeness (QED) is 0.745. The summed E-state index contributed by atoms with van der Waals surface area (Å²) in [6.07, 6.45) is 0.0385. The van der Waals surface area contributed by atoms with E-state index < -0.39 is 5.97 Å². The van der Waals surface area contributed by atoms with Crippen molar-refractivity contribution < 1.29 is 19.1 Å². The maximum absolute atomic E-state index is 12.8. The van der Waals surface area contributed by atoms with Crippen molar-refractivity contribution in [3.63, 3.8) is 0 Å². The molecule has 6 heteroatoms. The van der Waals surface area contributed by atoms with Gasteiger partial charge in [-0.05, 0) is 30.2 Å². The second-order valence-electron chi connectivity index (χ2n) is 6.60. The van der Waals surface area contributed by atoms with Gasteiger partial charge in [0.15, 0.2) is 0 Å². The Morgan fingerprint density at radius 2 is 1.82 bits per heavy atom. The number of aryl methyl sites for hydroxylation is 1. The van der Waals surface area contributed by atoms with Gasteiger partial charge in [0.1, 0.15) is 13.2 Å². The number of amides is 2. The Bertz CT molecular complexity index is 864. The Morgan fingerprint density at radius 1 is 1.11 bits per heavy atom. The third-order valence-electron chi connectivity index (χ3n) is 4.56. The lowest BCUT2D eigenvalue weighted by molar-refractivity contribution is -0.145. The molecule has 0 aliphatic carbocycles. The van der Waals surface area contributed by atoms with Crippen molar-refractivity contribution in [1.29, 1.82) is 0 Å². The number of hydrogen-bond acceptors (Lipinski definition) is 4. The van der Waals surface area contributed by atoms with Crippen LogP contribution >= 0.6 is 0 Å². The zero-order valence-electron chi connectivity index (χ0n) is 15.5. The summed E-state index contributed by atoms with van der Waals surface area (Å²) < 4.78 is 5.25. The average Bonchev–Trinajstić information content (AvgIpc) is 2.76. The predicted octanol–water partition coefficient (Wildman–Crippen LogP) is 3.18. The second-order valence-corrected chi connectivity index (χ2v) is 6.60. The molecule has 3 rings (SSSR count). The number of carbonyl (C=O) groups excluding carboxylic acids is 3. The number of fused-ring (bicyclic) bond motifs is 1. The zero-order chi connectivity index (χ0) is 19.4. The first-order chi connectivity index (χ1) is 13.0. The van der Waals surface area contributed by atoms with E-state index in [1.807, 2.05) is 49.4 Å². The van der Waals surface area contributed by atoms with E-state index in [2.05, 4.69) is 0 Å². The van der Waals surface area contributed by atoms with E-state index in [1.165, 1.54) is 9.80 Å². The topological polar surface area (TPSA) is 66.9 Å². The highest BCUT2D eigenvalue weighted by Gasteiger charge is 2.29. The molecule has 28 heavy (non-hydrogen) atoms. The third-order valence-corrected chi connectivity index (χ3v) is 4.56. The molecule has 0 N–H and O–H groups in total. The van der Waals surface area contributed by atoms with Crippen molar-refractivity contribution >= 4 is 23.5 Å². The van der Waals surface area contributed by atoms with Gasteiger partial charge in [0.25, 0.3) is 5.91 Å². The number of likely N-dealkylation sites (N-methyl/N-ethyl adjacent to an activating group) is 1. The molecule has 0 saturated heterocycles. The maximum Gasteiger partial charge on any atom is 0.307 e. The van der Waals surface area contributed by atoms with Crippen LogP contribution in [0.1, 0.15) is 35.3 Å². The van der Waals surface area contributed by atoms with E-state index in [0.29, 0.717) is 11.3 Å². The fraction of sp³-hybridized carbons (Fsp3) is 0.318. The molecule has 0 aromatic heterocycles. The van der Waals surface area contributed by atoms with Crippen LogP contribution in [0.2, 0.25) is 0 Å². The van der Waals surface area contributed by atoms with Crippen molar-refractivity contribution in [2.24, 2.45) is 0 Å². The number of ether oxygens (including phenoxy) is 1. The Labute approximate surface area is 165 Å². The van der Waals surface area contributed by atoms with Gasteiger partial charge in [-0.25, -0.2) is 0 Å². The number of carbonyl (C=O) groups is 3. The van der Waals surface area contributed by atoms with Gasteiger partial charge < -0.3 is 14.5 Å². The molecular formula is C22H26N2O4. The highest BCUT2D eigenvalue weighted by atomic mass is 16.5. The monoisotopic (exact) mass is 382 g/mol. The summed E-state index contributed by atoms with van der Waals surface area (Å²) in [6, 6.07) is 14.8. The molecule has 1 aliphatic rings. The SMILES string of the molecule is C.Cc1ccc2c(c1)N(C)C(=O)CN(CCC(=O)OCc1ccccc1)C2=O. The van der Waals surface area contributed by atoms with E-state index in [4.69, 9.17) is 4.74 Å². The molecule has 0 radical (unpaired) electrons. The zero-order valence-corrected chi connectivity index (χ0v) is 15.5. The van der Waals surface area contributed by atoms with Crippen LogP contribution in [-0.4, -0.2) is 42.8 Å². The van der Waals surface area contributed by atoms with Gasteiger partial charge in [0, 0.05) is 13.6 Å². The molecule has 0 spiro atoms. The summed E-state index contributed by atoms with van der Waals surface area (Å²) in [7, 11) is 1.66. The molecule has 0 fully saturated rings. The van der Waals surface area contributed by atoms with Crippen molar-refractivity contribution in [3.8, 4) is 0 Å². The van der Waals surface area contributed by atoms with E-state index >= 15 is 0 Å². The van der Waals surface area contributed by atoms with Gasteiger partial charge >= 0.3 is 5.97 Å². The smallest absolute Gasteiger partial charge is 0.307 e. The Balaban J connectivity index is 0.00000280. The van der Waals surface area contributed by atoms with E-state index in [-0.39, 0.29) is 45.4 Å². The van der Waals surface area contributed by atoms with Crippen molar-refractivity contribution in [3.05, 3.63) is 65.2 Å². The van der Waals surface area contributed by atoms with Gasteiger partial charge in [-0.3, -0.25) is 14.4 Å². The molecule has 2 aromatic carbocycles. The molecule has 0 atom stereocenters. The number of rotatable bonds is 5. The van der Waals surface area contributed by atoms with Crippen LogP contribution in [0, 0.1) is 6.92 Å². The average molecular weight is 382 g/mol. The summed E-state index contributed by atoms with van der Waals surface area (Å²) in [5, 5.41) is 0. The maximum atomic E-state index is 12.8. The lowest BCUT2D eigenvalue weighted by atomic mass is 10.1. The Hall–Kier alpha value is -3.15. The van der Waals surface area contributed by atoms with E-state index in [1.54, 1.807) is 13.1 Å². The van der Waals surface area contributed by atoms with Crippen LogP contribution in [-0.2, 0) is 20.9 Å². The van der Waals surface area contributed by atoms with Crippen LogP contribution in [0.3, 0.4) is 0 Å². The largest absolute Gasteiger partial charge is 0.461 e. The third kappa shape index (κ3) is 4.76. The summed E-state index contributed by atoms with van der Waals surface area (Å²) >= 11 is 0. The van der Waals surface area contributed by atoms with Crippen molar-refractivity contribution in [1.82, 2.24) is 4.90 Å². The first-order valence-corrected chi connectivity index (χ1v) is 8.82. The van der Waals surface area contributed by atoms with Crippen LogP contribution in [0.25, 0.3) is 0 Å². The number of nitrogens with zero attached hydrogens (tertiary/aromatic N) is 2. The standard InChI is InChI=1S/C21H22N2O4.CH4/c1-15-8-9-17-18(12-15)22(2)19(24)13-23(21(17)26)11-10-20(25)27-14-16-6-4-3-5-7-16;/h3-9,12H,10-11,13-14H2,1-2H3;1H4. The summed E-state index contributed by atoms with van der Waals surface area (Å²) in [4.78, 5) is 40.2. The van der Waals surface area contributed by atoms with Gasteiger partial charge in [-0.2, -0.15) is 0 Å². The highest BCUT2D eigenvalue weighted by molar-refractivity contribution is 6.09. The normalized spacial score (nSPS) is 13.5. The van der Waals surface area contributed by atoms with Crippen LogP contribution < -0.4 is 4.90 Å². The summed E-state index contributed by atoms with van der Waals surface area (Å²) in [6.45, 7) is 2.18. The molecule has 2 aromatic rings. The number of anilines is 1. The molecule has 0 bridgehead atoms. The van der Waals surface area contributed by atoms with E-state index in [9.17, 15) is 14.4 Å². The lowest BCUT2D eigenvalue weighted by Gasteiger charge is -2.19. The first-order valence-electron chi connectivity index (χ1n) is 8.82. The minimum Gasteiger partial charge on any atom is -0.461 e. The highest BCUT2D eigenvalue weighted by Crippen LogP contribution is 2.26. The van der Waals surface area contributed by atoms with Gasteiger partial charge in [-0.1, -0.05) is 43.8 Å². The molecule has 2 amide bonds. The van der Waals surface area contributed by atoms with Gasteiger partial charge in [0.2, 0.25) is 5.91 Å². The fourth-order valence-electron chi connectivity index (χ4n) is 2.96. The minimum absolute atomic E-state index is 0. The first kappa shape index (κ1) is 21.2. The predicted molar refractivity (Wildman–Crippen MR) is 108 cm³/mol. The molecule has 0 saturated carbocycles. The van der Waals surface area contributed by atoms with Crippen LogP contribution in [0.15, 0.2) is 48.5 Å². The van der Waals surface area contributed by atoms with Crippen LogP contribution in [0.5, 0.6) is 0 Å². The molecule has 1 heterocycles. The molecule has 1 aliphatic heterocycles. The molecular weight excluding hydrogens is 356 g/mol. The van der Waals surface area contributed by atoms with E-state index in [0.717, 1.165) is 11.1 Å². The van der Waals surface area contributed by atoms with Crippen molar-refractivity contribution in [2.45, 2.75) is 27.4 Å². The molecule has 6 nitrogen and oxygen atoms in total. The number of hydrogen-bond donors (Lipinski definition) is 0. The Kier molecular flexibility index (Phi) is 6.93. The minimum atomic E-state index is -0.402. The second kappa shape index (κ2) is 9.17. The van der Waals surface area contributed by atoms with Gasteiger partial charge in [0.05, 0.1) is 17.7 Å².